The summed E-state index contributed by atoms with van der Waals surface area (Å²) < 4.78 is 46.3. The summed E-state index contributed by atoms with van der Waals surface area (Å²) in [6, 6.07) is 8.95. The molecule has 2 aromatic rings. The minimum Gasteiger partial charge on any atom is -0.212 e. The molecule has 0 aromatic heterocycles. The first-order valence-electron chi connectivity index (χ1n) is 4.62. The molecule has 0 atom stereocenters. The molecule has 0 amide bonds. The monoisotopic (exact) mass is 412 g/mol. The second-order valence-corrected chi connectivity index (χ2v) is 11.2. The van der Waals surface area contributed by atoms with Crippen molar-refractivity contribution in [2.75, 3.05) is 0 Å². The zero-order chi connectivity index (χ0) is 13.6. The van der Waals surface area contributed by atoms with Crippen molar-refractivity contribution in [3.63, 3.8) is 0 Å². The highest BCUT2D eigenvalue weighted by Gasteiger charge is 2.18. The highest BCUT2D eigenvalue weighted by Crippen LogP contribution is 2.32. The van der Waals surface area contributed by atoms with Crippen LogP contribution in [0, 0.1) is 0 Å². The van der Waals surface area contributed by atoms with Crippen LogP contribution in [0.1, 0.15) is 0 Å². The summed E-state index contributed by atoms with van der Waals surface area (Å²) in [5.41, 5.74) is 0. The molecular formula is C10H6Br2O4S2. The maximum Gasteiger partial charge on any atom is 0.238 e. The van der Waals surface area contributed by atoms with Crippen molar-refractivity contribution in [3.05, 3.63) is 36.4 Å². The van der Waals surface area contributed by atoms with Gasteiger partial charge in [-0.05, 0) is 12.1 Å². The molecule has 2 aromatic carbocycles. The van der Waals surface area contributed by atoms with Crippen LogP contribution in [0.15, 0.2) is 46.2 Å². The average molecular weight is 414 g/mol. The first kappa shape index (κ1) is 14.0. The van der Waals surface area contributed by atoms with E-state index in [4.69, 9.17) is 0 Å². The molecule has 0 bridgehead atoms. The molecule has 0 N–H and O–H groups in total. The van der Waals surface area contributed by atoms with E-state index >= 15 is 0 Å². The van der Waals surface area contributed by atoms with Gasteiger partial charge in [-0.15, -0.1) is 0 Å². The Bertz CT molecular complexity index is 755. The van der Waals surface area contributed by atoms with Crippen LogP contribution in [-0.2, 0) is 16.5 Å². The normalized spacial score (nSPS) is 12.8. The van der Waals surface area contributed by atoms with E-state index in [2.05, 4.69) is 29.6 Å². The predicted octanol–water partition coefficient (Wildman–Crippen LogP) is 3.01. The van der Waals surface area contributed by atoms with Crippen molar-refractivity contribution in [2.45, 2.75) is 9.79 Å². The smallest absolute Gasteiger partial charge is 0.212 e. The fourth-order valence-corrected chi connectivity index (χ4v) is 4.73. The third-order valence-corrected chi connectivity index (χ3v) is 6.22. The lowest BCUT2D eigenvalue weighted by molar-refractivity contribution is 0.610. The van der Waals surface area contributed by atoms with Crippen molar-refractivity contribution in [3.8, 4) is 0 Å². The summed E-state index contributed by atoms with van der Waals surface area (Å²) in [5, 5.41) is 0.713. The van der Waals surface area contributed by atoms with Gasteiger partial charge >= 0.3 is 0 Å². The van der Waals surface area contributed by atoms with Gasteiger partial charge in [0.1, 0.15) is 0 Å². The molecule has 0 spiro atoms. The summed E-state index contributed by atoms with van der Waals surface area (Å²) in [5.74, 6) is 0. The third kappa shape index (κ3) is 2.61. The van der Waals surface area contributed by atoms with Gasteiger partial charge in [-0.3, -0.25) is 0 Å². The van der Waals surface area contributed by atoms with Gasteiger partial charge in [0.25, 0.3) is 0 Å². The molecule has 8 heteroatoms. The van der Waals surface area contributed by atoms with Crippen molar-refractivity contribution in [1.29, 1.82) is 0 Å². The van der Waals surface area contributed by atoms with E-state index in [-0.39, 0.29) is 9.79 Å². The van der Waals surface area contributed by atoms with Crippen LogP contribution in [0.25, 0.3) is 10.8 Å². The topological polar surface area (TPSA) is 68.3 Å². The van der Waals surface area contributed by atoms with Crippen molar-refractivity contribution >= 4 is 56.9 Å². The Balaban J connectivity index is 3.00. The summed E-state index contributed by atoms with van der Waals surface area (Å²) in [6.07, 6.45) is 0. The van der Waals surface area contributed by atoms with E-state index in [1.54, 1.807) is 12.1 Å². The fraction of sp³-hybridized carbons (Fsp3) is 0. The molecule has 0 heterocycles. The Labute approximate surface area is 119 Å². The summed E-state index contributed by atoms with van der Waals surface area (Å²) in [7, 11) is -7.18. The summed E-state index contributed by atoms with van der Waals surface area (Å²) in [6.45, 7) is 0. The van der Waals surface area contributed by atoms with Gasteiger partial charge in [-0.25, -0.2) is 16.8 Å². The van der Waals surface area contributed by atoms with E-state index in [1.165, 1.54) is 24.3 Å². The van der Waals surface area contributed by atoms with E-state index < -0.39 is 16.5 Å². The molecule has 0 saturated heterocycles. The highest BCUT2D eigenvalue weighted by atomic mass is 79.9. The van der Waals surface area contributed by atoms with Crippen LogP contribution in [0.2, 0.25) is 0 Å². The van der Waals surface area contributed by atoms with Gasteiger partial charge in [0.15, 0.2) is 0 Å². The van der Waals surface area contributed by atoms with Gasteiger partial charge < -0.3 is 0 Å². The van der Waals surface area contributed by atoms with Crippen molar-refractivity contribution in [1.82, 2.24) is 0 Å². The Hall–Kier alpha value is -0.440. The number of rotatable bonds is 2. The van der Waals surface area contributed by atoms with E-state index in [0.29, 0.717) is 10.8 Å². The molecule has 0 saturated carbocycles. The molecule has 0 aliphatic rings. The molecule has 4 nitrogen and oxygen atoms in total. The van der Waals surface area contributed by atoms with Gasteiger partial charge in [-0.1, -0.05) is 24.3 Å². The number of hydrogen-bond donors (Lipinski definition) is 0. The maximum absolute atomic E-state index is 11.6. The lowest BCUT2D eigenvalue weighted by Gasteiger charge is -2.06. The standard InChI is InChI=1S/C10H6Br2O4S2/c11-17(13,14)9-5-1-3-7-8(9)4-2-6-10(7)18(12,15)16/h1-6H. The van der Waals surface area contributed by atoms with Gasteiger partial charge in [-0.2, -0.15) is 0 Å². The lowest BCUT2D eigenvalue weighted by atomic mass is 10.1. The number of benzene rings is 2. The molecule has 0 fully saturated rings. The molecule has 0 radical (unpaired) electrons. The first-order valence-corrected chi connectivity index (χ1v) is 11.3. The predicted molar refractivity (Wildman–Crippen MR) is 76.2 cm³/mol. The second kappa shape index (κ2) is 4.59. The highest BCUT2D eigenvalue weighted by molar-refractivity contribution is 9.47. The molecule has 96 valence electrons. The van der Waals surface area contributed by atoms with Crippen LogP contribution in [0.4, 0.5) is 0 Å². The lowest BCUT2D eigenvalue weighted by Crippen LogP contribution is -1.95. The Morgan fingerprint density at radius 3 is 1.28 bits per heavy atom. The minimum absolute atomic E-state index is 0.0398. The van der Waals surface area contributed by atoms with Crippen LogP contribution in [0.3, 0.4) is 0 Å². The average Bonchev–Trinajstić information content (AvgIpc) is 2.24. The fourth-order valence-electron chi connectivity index (χ4n) is 1.68. The minimum atomic E-state index is -3.59. The number of hydrogen-bond acceptors (Lipinski definition) is 4. The molecule has 2 rings (SSSR count). The van der Waals surface area contributed by atoms with E-state index in [1.807, 2.05) is 0 Å². The quantitative estimate of drug-likeness (QED) is 0.709. The maximum atomic E-state index is 11.6. The van der Waals surface area contributed by atoms with Crippen LogP contribution < -0.4 is 0 Å². The third-order valence-electron chi connectivity index (χ3n) is 2.37. The molecule has 0 aliphatic heterocycles. The Morgan fingerprint density at radius 2 is 1.00 bits per heavy atom. The zero-order valence-electron chi connectivity index (χ0n) is 8.67. The number of halogens is 2. The van der Waals surface area contributed by atoms with Crippen LogP contribution in [0.5, 0.6) is 0 Å². The van der Waals surface area contributed by atoms with Crippen LogP contribution in [-0.4, -0.2) is 16.8 Å². The Morgan fingerprint density at radius 1 is 0.667 bits per heavy atom. The summed E-state index contributed by atoms with van der Waals surface area (Å²) in [4.78, 5) is 0.0796. The van der Waals surface area contributed by atoms with Gasteiger partial charge in [0.05, 0.1) is 39.4 Å². The molecule has 18 heavy (non-hydrogen) atoms. The van der Waals surface area contributed by atoms with Gasteiger partial charge in [0, 0.05) is 10.8 Å². The van der Waals surface area contributed by atoms with Crippen molar-refractivity contribution < 1.29 is 16.8 Å². The largest absolute Gasteiger partial charge is 0.238 e. The van der Waals surface area contributed by atoms with Crippen molar-refractivity contribution in [2.24, 2.45) is 0 Å². The van der Waals surface area contributed by atoms with Crippen LogP contribution >= 0.6 is 29.6 Å². The molecular weight excluding hydrogens is 408 g/mol. The Kier molecular flexibility index (Phi) is 3.56. The molecule has 0 aliphatic carbocycles. The van der Waals surface area contributed by atoms with E-state index in [0.717, 1.165) is 0 Å². The second-order valence-electron chi connectivity index (χ2n) is 3.48. The first-order chi connectivity index (χ1) is 8.21. The summed E-state index contributed by atoms with van der Waals surface area (Å²) >= 11 is 5.19. The number of fused-ring (bicyclic) bond motifs is 1. The molecule has 0 unspecified atom stereocenters. The van der Waals surface area contributed by atoms with Gasteiger partial charge in [0.2, 0.25) is 16.5 Å². The van der Waals surface area contributed by atoms with E-state index in [9.17, 15) is 16.8 Å². The zero-order valence-corrected chi connectivity index (χ0v) is 13.5. The SMILES string of the molecule is O=S(=O)(Br)c1cccc2c(S(=O)(=O)Br)cccc12.